The standard InChI is InChI=1S/C13H16O3/c1-14-11-8-9-6-4-5-7-10(9)12(15-2)13(11)16-3/h4,6,8H,5,7H2,1-3H3. The number of methoxy groups -OCH3 is 3. The van der Waals surface area contributed by atoms with Crippen LogP contribution in [0, 0.1) is 0 Å². The fourth-order valence-electron chi connectivity index (χ4n) is 2.08. The van der Waals surface area contributed by atoms with Gasteiger partial charge in [-0.3, -0.25) is 0 Å². The summed E-state index contributed by atoms with van der Waals surface area (Å²) in [7, 11) is 4.93. The van der Waals surface area contributed by atoms with Crippen molar-refractivity contribution < 1.29 is 14.2 Å². The Bertz CT molecular complexity index is 422. The third kappa shape index (κ3) is 1.62. The summed E-state index contributed by atoms with van der Waals surface area (Å²) in [5.41, 5.74) is 2.35. The van der Waals surface area contributed by atoms with Crippen molar-refractivity contribution in [1.82, 2.24) is 0 Å². The highest BCUT2D eigenvalue weighted by Crippen LogP contribution is 2.43. The van der Waals surface area contributed by atoms with Crippen LogP contribution in [0.15, 0.2) is 12.1 Å². The number of allylic oxidation sites excluding steroid dienone is 1. The maximum Gasteiger partial charge on any atom is 0.203 e. The zero-order chi connectivity index (χ0) is 11.5. The summed E-state index contributed by atoms with van der Waals surface area (Å²) in [5.74, 6) is 2.19. The predicted molar refractivity (Wildman–Crippen MR) is 63.5 cm³/mol. The van der Waals surface area contributed by atoms with Gasteiger partial charge in [-0.1, -0.05) is 12.2 Å². The van der Waals surface area contributed by atoms with Gasteiger partial charge in [0.1, 0.15) is 0 Å². The maximum atomic E-state index is 5.44. The van der Waals surface area contributed by atoms with Crippen LogP contribution in [-0.4, -0.2) is 21.3 Å². The van der Waals surface area contributed by atoms with Gasteiger partial charge >= 0.3 is 0 Å². The van der Waals surface area contributed by atoms with E-state index in [1.165, 1.54) is 5.56 Å². The van der Waals surface area contributed by atoms with Crippen LogP contribution >= 0.6 is 0 Å². The maximum absolute atomic E-state index is 5.44. The molecule has 3 nitrogen and oxygen atoms in total. The molecular weight excluding hydrogens is 204 g/mol. The van der Waals surface area contributed by atoms with Crippen LogP contribution in [0.25, 0.3) is 6.08 Å². The fourth-order valence-corrected chi connectivity index (χ4v) is 2.08. The fraction of sp³-hybridized carbons (Fsp3) is 0.385. The summed E-state index contributed by atoms with van der Waals surface area (Å²) in [6.07, 6.45) is 6.28. The number of hydrogen-bond acceptors (Lipinski definition) is 3. The number of rotatable bonds is 3. The lowest BCUT2D eigenvalue weighted by Crippen LogP contribution is -2.03. The largest absolute Gasteiger partial charge is 0.493 e. The molecule has 0 saturated carbocycles. The highest BCUT2D eigenvalue weighted by molar-refractivity contribution is 5.68. The summed E-state index contributed by atoms with van der Waals surface area (Å²) in [6.45, 7) is 0. The molecule has 86 valence electrons. The van der Waals surface area contributed by atoms with E-state index in [4.69, 9.17) is 14.2 Å². The molecule has 0 radical (unpaired) electrons. The minimum absolute atomic E-state index is 0.680. The van der Waals surface area contributed by atoms with E-state index in [2.05, 4.69) is 12.2 Å². The lowest BCUT2D eigenvalue weighted by atomic mass is 9.95. The van der Waals surface area contributed by atoms with Crippen LogP contribution in [0.4, 0.5) is 0 Å². The first-order valence-electron chi connectivity index (χ1n) is 5.30. The second kappa shape index (κ2) is 4.47. The smallest absolute Gasteiger partial charge is 0.203 e. The number of hydrogen-bond donors (Lipinski definition) is 0. The molecule has 0 unspecified atom stereocenters. The van der Waals surface area contributed by atoms with Gasteiger partial charge in [-0.2, -0.15) is 0 Å². The van der Waals surface area contributed by atoms with Crippen molar-refractivity contribution in [2.24, 2.45) is 0 Å². The Hall–Kier alpha value is -1.64. The lowest BCUT2D eigenvalue weighted by Gasteiger charge is -2.19. The van der Waals surface area contributed by atoms with Gasteiger partial charge in [0.2, 0.25) is 5.75 Å². The summed E-state index contributed by atoms with van der Waals surface area (Å²) in [6, 6.07) is 1.99. The molecule has 1 aliphatic carbocycles. The SMILES string of the molecule is COc1cc2c(c(OC)c1OC)CCC=C2. The average Bonchev–Trinajstić information content (AvgIpc) is 2.36. The van der Waals surface area contributed by atoms with E-state index in [-0.39, 0.29) is 0 Å². The molecule has 0 aromatic heterocycles. The molecule has 0 spiro atoms. The van der Waals surface area contributed by atoms with Gasteiger partial charge in [0.05, 0.1) is 21.3 Å². The molecule has 1 aromatic rings. The molecule has 2 rings (SSSR count). The quantitative estimate of drug-likeness (QED) is 0.783. The zero-order valence-corrected chi connectivity index (χ0v) is 9.87. The lowest BCUT2D eigenvalue weighted by molar-refractivity contribution is 0.322. The normalized spacial score (nSPS) is 13.2. The zero-order valence-electron chi connectivity index (χ0n) is 9.87. The first kappa shape index (κ1) is 10.9. The van der Waals surface area contributed by atoms with Crippen molar-refractivity contribution in [3.63, 3.8) is 0 Å². The molecule has 3 heteroatoms. The molecule has 0 fully saturated rings. The van der Waals surface area contributed by atoms with Crippen LogP contribution in [0.3, 0.4) is 0 Å². The van der Waals surface area contributed by atoms with Crippen molar-refractivity contribution in [2.75, 3.05) is 21.3 Å². The molecule has 0 amide bonds. The first-order chi connectivity index (χ1) is 7.81. The van der Waals surface area contributed by atoms with Crippen LogP contribution < -0.4 is 14.2 Å². The van der Waals surface area contributed by atoms with Gasteiger partial charge in [-0.05, 0) is 24.5 Å². The van der Waals surface area contributed by atoms with Gasteiger partial charge in [-0.15, -0.1) is 0 Å². The minimum atomic E-state index is 0.680. The molecule has 0 atom stereocenters. The van der Waals surface area contributed by atoms with Crippen LogP contribution in [-0.2, 0) is 6.42 Å². The van der Waals surface area contributed by atoms with Gasteiger partial charge in [0.25, 0.3) is 0 Å². The predicted octanol–water partition coefficient (Wildman–Crippen LogP) is 2.67. The summed E-state index contributed by atoms with van der Waals surface area (Å²) >= 11 is 0. The summed E-state index contributed by atoms with van der Waals surface area (Å²) in [5, 5.41) is 0. The Morgan fingerprint density at radius 2 is 1.75 bits per heavy atom. The molecular formula is C13H16O3. The molecule has 0 aliphatic heterocycles. The average molecular weight is 220 g/mol. The van der Waals surface area contributed by atoms with Gasteiger partial charge < -0.3 is 14.2 Å². The highest BCUT2D eigenvalue weighted by atomic mass is 16.5. The van der Waals surface area contributed by atoms with Crippen molar-refractivity contribution in [1.29, 1.82) is 0 Å². The van der Waals surface area contributed by atoms with E-state index in [0.29, 0.717) is 11.5 Å². The van der Waals surface area contributed by atoms with Crippen molar-refractivity contribution in [3.8, 4) is 17.2 Å². The van der Waals surface area contributed by atoms with E-state index in [1.807, 2.05) is 6.07 Å². The van der Waals surface area contributed by atoms with Gasteiger partial charge in [0.15, 0.2) is 11.5 Å². The second-order valence-corrected chi connectivity index (χ2v) is 3.65. The van der Waals surface area contributed by atoms with E-state index in [9.17, 15) is 0 Å². The molecule has 1 aliphatic rings. The molecule has 1 aromatic carbocycles. The Morgan fingerprint density at radius 1 is 1.00 bits per heavy atom. The van der Waals surface area contributed by atoms with Crippen LogP contribution in [0.2, 0.25) is 0 Å². The number of ether oxygens (including phenoxy) is 3. The Balaban J connectivity index is 2.65. The van der Waals surface area contributed by atoms with E-state index < -0.39 is 0 Å². The van der Waals surface area contributed by atoms with Crippen LogP contribution in [0.1, 0.15) is 17.5 Å². The van der Waals surface area contributed by atoms with Gasteiger partial charge in [-0.25, -0.2) is 0 Å². The Kier molecular flexibility index (Phi) is 3.04. The monoisotopic (exact) mass is 220 g/mol. The second-order valence-electron chi connectivity index (χ2n) is 3.65. The molecule has 0 heterocycles. The van der Waals surface area contributed by atoms with Crippen molar-refractivity contribution >= 4 is 6.08 Å². The van der Waals surface area contributed by atoms with Crippen molar-refractivity contribution in [3.05, 3.63) is 23.3 Å². The van der Waals surface area contributed by atoms with E-state index in [1.54, 1.807) is 21.3 Å². The minimum Gasteiger partial charge on any atom is -0.493 e. The highest BCUT2D eigenvalue weighted by Gasteiger charge is 2.20. The summed E-state index contributed by atoms with van der Waals surface area (Å²) < 4.78 is 16.1. The van der Waals surface area contributed by atoms with Gasteiger partial charge in [0, 0.05) is 5.56 Å². The van der Waals surface area contributed by atoms with Crippen LogP contribution in [0.5, 0.6) is 17.2 Å². The van der Waals surface area contributed by atoms with E-state index >= 15 is 0 Å². The first-order valence-corrected chi connectivity index (χ1v) is 5.30. The van der Waals surface area contributed by atoms with E-state index in [0.717, 1.165) is 24.2 Å². The summed E-state index contributed by atoms with van der Waals surface area (Å²) in [4.78, 5) is 0. The Labute approximate surface area is 95.6 Å². The third-order valence-electron chi connectivity index (χ3n) is 2.83. The molecule has 0 saturated heterocycles. The van der Waals surface area contributed by atoms with Crippen molar-refractivity contribution in [2.45, 2.75) is 12.8 Å². The third-order valence-corrected chi connectivity index (χ3v) is 2.83. The number of fused-ring (bicyclic) bond motifs is 1. The molecule has 16 heavy (non-hydrogen) atoms. The molecule has 0 N–H and O–H groups in total. The Morgan fingerprint density at radius 3 is 2.38 bits per heavy atom. The molecule has 0 bridgehead atoms. The number of benzene rings is 1. The topological polar surface area (TPSA) is 27.7 Å².